The van der Waals surface area contributed by atoms with Gasteiger partial charge in [0.05, 0.1) is 24.3 Å². The number of pyridine rings is 1. The summed E-state index contributed by atoms with van der Waals surface area (Å²) in [6.45, 7) is 0. The Morgan fingerprint density at radius 3 is 2.39 bits per heavy atom. The molecule has 0 spiro atoms. The van der Waals surface area contributed by atoms with Gasteiger partial charge in [-0.25, -0.2) is 0 Å². The second-order valence-corrected chi connectivity index (χ2v) is 7.23. The molecule has 1 aliphatic rings. The SMILES string of the molecule is COc1cccc(C2/C(=C(\O)c3ccncc3)C(=O)C(=O)N2c2cccc(C(F)(F)F)c2)c1. The fourth-order valence-corrected chi connectivity index (χ4v) is 3.72. The van der Waals surface area contributed by atoms with Gasteiger partial charge in [-0.3, -0.25) is 19.5 Å². The van der Waals surface area contributed by atoms with Crippen LogP contribution in [0.4, 0.5) is 18.9 Å². The molecular weight excluding hydrogens is 437 g/mol. The summed E-state index contributed by atoms with van der Waals surface area (Å²) in [6, 6.07) is 12.3. The number of ketones is 1. The number of hydrogen-bond acceptors (Lipinski definition) is 5. The highest BCUT2D eigenvalue weighted by atomic mass is 19.4. The maximum atomic E-state index is 13.3. The summed E-state index contributed by atoms with van der Waals surface area (Å²) < 4.78 is 45.2. The number of aliphatic hydroxyl groups is 1. The van der Waals surface area contributed by atoms with Crippen LogP contribution in [0.2, 0.25) is 0 Å². The lowest BCUT2D eigenvalue weighted by Crippen LogP contribution is -2.29. The maximum Gasteiger partial charge on any atom is 0.416 e. The lowest BCUT2D eigenvalue weighted by Gasteiger charge is -2.26. The van der Waals surface area contributed by atoms with E-state index >= 15 is 0 Å². The van der Waals surface area contributed by atoms with Crippen LogP contribution < -0.4 is 9.64 Å². The Bertz CT molecular complexity index is 1260. The van der Waals surface area contributed by atoms with Crippen LogP contribution in [0.1, 0.15) is 22.7 Å². The van der Waals surface area contributed by atoms with E-state index in [2.05, 4.69) is 4.98 Å². The number of hydrogen-bond donors (Lipinski definition) is 1. The zero-order valence-electron chi connectivity index (χ0n) is 17.2. The number of anilines is 1. The first-order valence-electron chi connectivity index (χ1n) is 9.75. The molecule has 1 aromatic heterocycles. The number of carbonyl (C=O) groups is 2. The third-order valence-electron chi connectivity index (χ3n) is 5.26. The molecule has 0 radical (unpaired) electrons. The van der Waals surface area contributed by atoms with Crippen molar-refractivity contribution >= 4 is 23.1 Å². The van der Waals surface area contributed by atoms with Crippen LogP contribution in [0.3, 0.4) is 0 Å². The molecule has 0 saturated carbocycles. The van der Waals surface area contributed by atoms with Gasteiger partial charge in [0.25, 0.3) is 11.7 Å². The Labute approximate surface area is 186 Å². The first-order chi connectivity index (χ1) is 15.7. The van der Waals surface area contributed by atoms with Crippen LogP contribution in [-0.2, 0) is 15.8 Å². The van der Waals surface area contributed by atoms with Crippen LogP contribution in [0.15, 0.2) is 78.6 Å². The predicted molar refractivity (Wildman–Crippen MR) is 113 cm³/mol. The number of halogens is 3. The van der Waals surface area contributed by atoms with Crippen molar-refractivity contribution in [2.75, 3.05) is 12.0 Å². The number of rotatable bonds is 4. The molecule has 1 saturated heterocycles. The van der Waals surface area contributed by atoms with Crippen molar-refractivity contribution in [2.24, 2.45) is 0 Å². The summed E-state index contributed by atoms with van der Waals surface area (Å²) in [5, 5.41) is 11.0. The predicted octanol–water partition coefficient (Wildman–Crippen LogP) is 4.74. The zero-order chi connectivity index (χ0) is 23.8. The summed E-state index contributed by atoms with van der Waals surface area (Å²) in [6.07, 6.45) is -1.84. The second-order valence-electron chi connectivity index (χ2n) is 7.23. The largest absolute Gasteiger partial charge is 0.507 e. The zero-order valence-corrected chi connectivity index (χ0v) is 17.2. The van der Waals surface area contributed by atoms with Crippen LogP contribution in [0, 0.1) is 0 Å². The molecule has 1 atom stereocenters. The highest BCUT2D eigenvalue weighted by molar-refractivity contribution is 6.51. The van der Waals surface area contributed by atoms with E-state index in [1.165, 1.54) is 37.7 Å². The summed E-state index contributed by atoms with van der Waals surface area (Å²) in [5.41, 5.74) is -0.743. The van der Waals surface area contributed by atoms with Gasteiger partial charge < -0.3 is 9.84 Å². The first kappa shape index (κ1) is 22.1. The molecule has 168 valence electrons. The van der Waals surface area contributed by atoms with E-state index in [1.54, 1.807) is 24.3 Å². The van der Waals surface area contributed by atoms with Gasteiger partial charge in [0, 0.05) is 23.6 Å². The molecule has 1 aliphatic heterocycles. The molecule has 1 fully saturated rings. The van der Waals surface area contributed by atoms with E-state index in [0.717, 1.165) is 23.1 Å². The first-order valence-corrected chi connectivity index (χ1v) is 9.75. The molecule has 9 heteroatoms. The average Bonchev–Trinajstić information content (AvgIpc) is 3.09. The Balaban J connectivity index is 1.96. The Kier molecular flexibility index (Phi) is 5.63. The molecule has 2 aromatic carbocycles. The van der Waals surface area contributed by atoms with E-state index in [-0.39, 0.29) is 16.8 Å². The number of aromatic nitrogens is 1. The van der Waals surface area contributed by atoms with Gasteiger partial charge >= 0.3 is 6.18 Å². The van der Waals surface area contributed by atoms with Crippen LogP contribution in [0.5, 0.6) is 5.75 Å². The number of carbonyl (C=O) groups excluding carboxylic acids is 2. The quantitative estimate of drug-likeness (QED) is 0.350. The molecule has 0 aliphatic carbocycles. The van der Waals surface area contributed by atoms with Crippen LogP contribution in [-0.4, -0.2) is 28.9 Å². The van der Waals surface area contributed by atoms with Crippen LogP contribution >= 0.6 is 0 Å². The molecule has 6 nitrogen and oxygen atoms in total. The van der Waals surface area contributed by atoms with Gasteiger partial charge in [0.1, 0.15) is 11.5 Å². The molecule has 33 heavy (non-hydrogen) atoms. The molecular formula is C24H17F3N2O4. The Morgan fingerprint density at radius 2 is 1.73 bits per heavy atom. The van der Waals surface area contributed by atoms with Gasteiger partial charge in [0.2, 0.25) is 0 Å². The van der Waals surface area contributed by atoms with Gasteiger partial charge in [0.15, 0.2) is 0 Å². The number of benzene rings is 2. The number of ether oxygens (including phenoxy) is 1. The van der Waals surface area contributed by atoms with Crippen molar-refractivity contribution in [3.8, 4) is 5.75 Å². The van der Waals surface area contributed by atoms with Gasteiger partial charge in [-0.15, -0.1) is 0 Å². The lowest BCUT2D eigenvalue weighted by molar-refractivity contribution is -0.137. The summed E-state index contributed by atoms with van der Waals surface area (Å²) in [7, 11) is 1.43. The highest BCUT2D eigenvalue weighted by Crippen LogP contribution is 2.43. The van der Waals surface area contributed by atoms with Crippen molar-refractivity contribution in [2.45, 2.75) is 12.2 Å². The minimum atomic E-state index is -4.65. The number of nitrogens with zero attached hydrogens (tertiary/aromatic N) is 2. The van der Waals surface area contributed by atoms with E-state index < -0.39 is 35.2 Å². The molecule has 1 unspecified atom stereocenters. The summed E-state index contributed by atoms with van der Waals surface area (Å²) >= 11 is 0. The number of alkyl halides is 3. The number of amides is 1. The van der Waals surface area contributed by atoms with E-state index in [9.17, 15) is 27.9 Å². The monoisotopic (exact) mass is 454 g/mol. The topological polar surface area (TPSA) is 79.7 Å². The average molecular weight is 454 g/mol. The third-order valence-corrected chi connectivity index (χ3v) is 5.26. The van der Waals surface area contributed by atoms with Crippen LogP contribution in [0.25, 0.3) is 5.76 Å². The maximum absolute atomic E-state index is 13.3. The second kappa shape index (κ2) is 8.42. The Morgan fingerprint density at radius 1 is 1.03 bits per heavy atom. The van der Waals surface area contributed by atoms with E-state index in [4.69, 9.17) is 4.74 Å². The molecule has 2 heterocycles. The fourth-order valence-electron chi connectivity index (χ4n) is 3.72. The standard InChI is InChI=1S/C24H17F3N2O4/c1-33-18-7-2-4-15(12-18)20-19(21(30)14-8-10-28-11-9-14)22(31)23(32)29(20)17-6-3-5-16(13-17)24(25,26)27/h2-13,20,30H,1H3/b21-19+. The molecule has 1 amide bonds. The number of Topliss-reactive ketones (excluding diaryl/α,β-unsaturated/α-hetero) is 1. The summed E-state index contributed by atoms with van der Waals surface area (Å²) in [4.78, 5) is 30.9. The van der Waals surface area contributed by atoms with E-state index in [0.29, 0.717) is 11.3 Å². The minimum Gasteiger partial charge on any atom is -0.507 e. The molecule has 1 N–H and O–H groups in total. The van der Waals surface area contributed by atoms with Crippen molar-refractivity contribution in [1.82, 2.24) is 4.98 Å². The number of methoxy groups -OCH3 is 1. The minimum absolute atomic E-state index is 0.131. The Hall–Kier alpha value is -4.14. The molecule has 4 rings (SSSR count). The summed E-state index contributed by atoms with van der Waals surface area (Å²) in [5.74, 6) is -2.13. The normalized spacial score (nSPS) is 17.9. The van der Waals surface area contributed by atoms with Gasteiger partial charge in [-0.2, -0.15) is 13.2 Å². The van der Waals surface area contributed by atoms with Crippen molar-refractivity contribution in [3.05, 3.63) is 95.3 Å². The fraction of sp³-hybridized carbons (Fsp3) is 0.125. The highest BCUT2D eigenvalue weighted by Gasteiger charge is 2.47. The van der Waals surface area contributed by atoms with Crippen molar-refractivity contribution in [3.63, 3.8) is 0 Å². The third kappa shape index (κ3) is 4.05. The number of aliphatic hydroxyl groups excluding tert-OH is 1. The van der Waals surface area contributed by atoms with Crippen molar-refractivity contribution < 1.29 is 32.6 Å². The smallest absolute Gasteiger partial charge is 0.416 e. The lowest BCUT2D eigenvalue weighted by atomic mass is 9.95. The van der Waals surface area contributed by atoms with Crippen molar-refractivity contribution in [1.29, 1.82) is 0 Å². The van der Waals surface area contributed by atoms with Gasteiger partial charge in [-0.05, 0) is 48.0 Å². The van der Waals surface area contributed by atoms with Gasteiger partial charge in [-0.1, -0.05) is 18.2 Å². The molecule has 3 aromatic rings. The van der Waals surface area contributed by atoms with E-state index in [1.807, 2.05) is 0 Å². The molecule has 0 bridgehead atoms.